The fourth-order valence-corrected chi connectivity index (χ4v) is 3.37. The molecular formula is C17H13Cl2N5O3S. The first kappa shape index (κ1) is 20.1. The van der Waals surface area contributed by atoms with E-state index in [2.05, 4.69) is 15.5 Å². The summed E-state index contributed by atoms with van der Waals surface area (Å²) in [5.41, 5.74) is 0.874. The number of anilines is 1. The van der Waals surface area contributed by atoms with E-state index in [0.29, 0.717) is 21.7 Å². The second-order valence-corrected chi connectivity index (χ2v) is 7.42. The average molecular weight is 438 g/mol. The lowest BCUT2D eigenvalue weighted by molar-refractivity contribution is -0.384. The molecule has 3 aromatic rings. The topological polar surface area (TPSA) is 103 Å². The molecule has 2 aromatic carbocycles. The standard InChI is InChI=1S/C17H13Cl2N5O3S/c1-23-16(10-2-4-11(18)5-3-10)21-22-17(23)28-9-15(25)20-12-6-7-13(19)14(8-12)24(26)27/h2-8H,9H2,1H3,(H,20,25). The summed E-state index contributed by atoms with van der Waals surface area (Å²) in [5, 5.41) is 23.0. The number of hydrogen-bond donors (Lipinski definition) is 1. The van der Waals surface area contributed by atoms with Crippen LogP contribution in [0.2, 0.25) is 10.0 Å². The van der Waals surface area contributed by atoms with Gasteiger partial charge in [0.1, 0.15) is 5.02 Å². The van der Waals surface area contributed by atoms with E-state index >= 15 is 0 Å². The highest BCUT2D eigenvalue weighted by molar-refractivity contribution is 7.99. The van der Waals surface area contributed by atoms with E-state index in [1.165, 1.54) is 30.0 Å². The van der Waals surface area contributed by atoms with E-state index in [9.17, 15) is 14.9 Å². The number of benzene rings is 2. The van der Waals surface area contributed by atoms with Gasteiger partial charge in [0, 0.05) is 29.4 Å². The maximum absolute atomic E-state index is 12.2. The average Bonchev–Trinajstić information content (AvgIpc) is 3.02. The molecule has 1 heterocycles. The van der Waals surface area contributed by atoms with Gasteiger partial charge in [0.2, 0.25) is 5.91 Å². The number of halogens is 2. The molecular weight excluding hydrogens is 425 g/mol. The van der Waals surface area contributed by atoms with Gasteiger partial charge in [0.15, 0.2) is 11.0 Å². The number of aromatic nitrogens is 3. The molecule has 0 atom stereocenters. The van der Waals surface area contributed by atoms with Gasteiger partial charge in [-0.3, -0.25) is 14.9 Å². The molecule has 0 saturated heterocycles. The number of nitrogens with zero attached hydrogens (tertiary/aromatic N) is 4. The predicted octanol–water partition coefficient (Wildman–Crippen LogP) is 4.43. The highest BCUT2D eigenvalue weighted by atomic mass is 35.5. The van der Waals surface area contributed by atoms with Gasteiger partial charge in [-0.15, -0.1) is 10.2 Å². The summed E-state index contributed by atoms with van der Waals surface area (Å²) in [5.74, 6) is 0.369. The number of carbonyl (C=O) groups is 1. The van der Waals surface area contributed by atoms with Crippen molar-refractivity contribution in [2.24, 2.45) is 7.05 Å². The molecule has 0 bridgehead atoms. The number of nitro benzene ring substituents is 1. The molecule has 3 rings (SSSR count). The van der Waals surface area contributed by atoms with Crippen molar-refractivity contribution < 1.29 is 9.72 Å². The van der Waals surface area contributed by atoms with Crippen molar-refractivity contribution in [3.8, 4) is 11.4 Å². The van der Waals surface area contributed by atoms with Gasteiger partial charge in [-0.1, -0.05) is 35.0 Å². The van der Waals surface area contributed by atoms with Crippen molar-refractivity contribution in [1.29, 1.82) is 0 Å². The molecule has 0 fully saturated rings. The number of thioether (sulfide) groups is 1. The van der Waals surface area contributed by atoms with E-state index in [0.717, 1.165) is 5.56 Å². The van der Waals surface area contributed by atoms with Gasteiger partial charge in [-0.05, 0) is 36.4 Å². The Kier molecular flexibility index (Phi) is 6.18. The first-order valence-electron chi connectivity index (χ1n) is 7.87. The van der Waals surface area contributed by atoms with Crippen LogP contribution in [-0.4, -0.2) is 31.3 Å². The number of nitrogens with one attached hydrogen (secondary N) is 1. The molecule has 28 heavy (non-hydrogen) atoms. The Bertz CT molecular complexity index is 1040. The van der Waals surface area contributed by atoms with Crippen molar-refractivity contribution >= 4 is 52.2 Å². The Hall–Kier alpha value is -2.62. The zero-order valence-electron chi connectivity index (χ0n) is 14.4. The van der Waals surface area contributed by atoms with E-state index < -0.39 is 4.92 Å². The molecule has 0 radical (unpaired) electrons. The Morgan fingerprint density at radius 3 is 2.61 bits per heavy atom. The van der Waals surface area contributed by atoms with Gasteiger partial charge in [0.25, 0.3) is 5.69 Å². The smallest absolute Gasteiger partial charge is 0.289 e. The molecule has 8 nitrogen and oxygen atoms in total. The quantitative estimate of drug-likeness (QED) is 0.347. The van der Waals surface area contributed by atoms with Crippen molar-refractivity contribution in [3.05, 3.63) is 62.6 Å². The summed E-state index contributed by atoms with van der Waals surface area (Å²) in [4.78, 5) is 22.5. The Balaban J connectivity index is 1.65. The van der Waals surface area contributed by atoms with Crippen LogP contribution in [-0.2, 0) is 11.8 Å². The largest absolute Gasteiger partial charge is 0.325 e. The SMILES string of the molecule is Cn1c(SCC(=O)Nc2ccc(Cl)c([N+](=O)[O-])c2)nnc1-c1ccc(Cl)cc1. The zero-order valence-corrected chi connectivity index (χ0v) is 16.8. The van der Waals surface area contributed by atoms with E-state index in [1.807, 2.05) is 12.1 Å². The summed E-state index contributed by atoms with van der Waals surface area (Å²) >= 11 is 12.9. The third-order valence-electron chi connectivity index (χ3n) is 3.70. The molecule has 0 aliphatic carbocycles. The summed E-state index contributed by atoms with van der Waals surface area (Å²) in [6, 6.07) is 11.3. The summed E-state index contributed by atoms with van der Waals surface area (Å²) in [7, 11) is 1.80. The van der Waals surface area contributed by atoms with Crippen LogP contribution in [0.1, 0.15) is 0 Å². The van der Waals surface area contributed by atoms with E-state index in [1.54, 1.807) is 23.7 Å². The minimum atomic E-state index is -0.607. The Labute approximate surface area is 174 Å². The summed E-state index contributed by atoms with van der Waals surface area (Å²) in [6.07, 6.45) is 0. The van der Waals surface area contributed by atoms with Crippen molar-refractivity contribution in [1.82, 2.24) is 14.8 Å². The fraction of sp³-hybridized carbons (Fsp3) is 0.118. The lowest BCUT2D eigenvalue weighted by atomic mass is 10.2. The van der Waals surface area contributed by atoms with Gasteiger partial charge in [0.05, 0.1) is 10.7 Å². The normalized spacial score (nSPS) is 10.7. The van der Waals surface area contributed by atoms with Crippen LogP contribution in [0.15, 0.2) is 47.6 Å². The number of nitro groups is 1. The lowest BCUT2D eigenvalue weighted by Gasteiger charge is -2.06. The number of rotatable bonds is 6. The first-order chi connectivity index (χ1) is 13.3. The maximum atomic E-state index is 12.2. The van der Waals surface area contributed by atoms with Gasteiger partial charge in [-0.2, -0.15) is 0 Å². The fourth-order valence-electron chi connectivity index (χ4n) is 2.35. The second kappa shape index (κ2) is 8.59. The molecule has 0 spiro atoms. The van der Waals surface area contributed by atoms with Gasteiger partial charge < -0.3 is 9.88 Å². The van der Waals surface area contributed by atoms with Crippen LogP contribution in [0.3, 0.4) is 0 Å². The molecule has 0 aliphatic heterocycles. The number of carbonyl (C=O) groups excluding carboxylic acids is 1. The van der Waals surface area contributed by atoms with Gasteiger partial charge in [-0.25, -0.2) is 0 Å². The van der Waals surface area contributed by atoms with E-state index in [-0.39, 0.29) is 22.4 Å². The highest BCUT2D eigenvalue weighted by Crippen LogP contribution is 2.28. The summed E-state index contributed by atoms with van der Waals surface area (Å²) in [6.45, 7) is 0. The number of hydrogen-bond acceptors (Lipinski definition) is 6. The van der Waals surface area contributed by atoms with Crippen LogP contribution in [0.25, 0.3) is 11.4 Å². The molecule has 1 amide bonds. The van der Waals surface area contributed by atoms with E-state index in [4.69, 9.17) is 23.2 Å². The Morgan fingerprint density at radius 2 is 1.93 bits per heavy atom. The predicted molar refractivity (Wildman–Crippen MR) is 109 cm³/mol. The van der Waals surface area contributed by atoms with Crippen molar-refractivity contribution in [3.63, 3.8) is 0 Å². The molecule has 1 N–H and O–H groups in total. The summed E-state index contributed by atoms with van der Waals surface area (Å²) < 4.78 is 1.77. The van der Waals surface area contributed by atoms with Crippen LogP contribution in [0.5, 0.6) is 0 Å². The third kappa shape index (κ3) is 4.61. The van der Waals surface area contributed by atoms with Crippen LogP contribution >= 0.6 is 35.0 Å². The van der Waals surface area contributed by atoms with Crippen LogP contribution < -0.4 is 5.32 Å². The minimum absolute atomic E-state index is 0.00573. The lowest BCUT2D eigenvalue weighted by Crippen LogP contribution is -2.14. The molecule has 1 aromatic heterocycles. The molecule has 0 unspecified atom stereocenters. The van der Waals surface area contributed by atoms with Gasteiger partial charge >= 0.3 is 0 Å². The Morgan fingerprint density at radius 1 is 1.21 bits per heavy atom. The van der Waals surface area contributed by atoms with Crippen molar-refractivity contribution in [2.75, 3.05) is 11.1 Å². The minimum Gasteiger partial charge on any atom is -0.325 e. The van der Waals surface area contributed by atoms with Crippen LogP contribution in [0.4, 0.5) is 11.4 Å². The second-order valence-electron chi connectivity index (χ2n) is 5.63. The maximum Gasteiger partial charge on any atom is 0.289 e. The third-order valence-corrected chi connectivity index (χ3v) is 5.29. The molecule has 0 aliphatic rings. The highest BCUT2D eigenvalue weighted by Gasteiger charge is 2.16. The monoisotopic (exact) mass is 437 g/mol. The van der Waals surface area contributed by atoms with Crippen LogP contribution in [0, 0.1) is 10.1 Å². The van der Waals surface area contributed by atoms with Crippen molar-refractivity contribution in [2.45, 2.75) is 5.16 Å². The molecule has 11 heteroatoms. The zero-order chi connectivity index (χ0) is 20.3. The molecule has 144 valence electrons. The first-order valence-corrected chi connectivity index (χ1v) is 9.61. The molecule has 0 saturated carbocycles. The number of amides is 1.